The molecule has 0 amide bonds. The molecule has 1 saturated heterocycles. The number of thioether (sulfide) groups is 1. The van der Waals surface area contributed by atoms with Crippen LogP contribution in [-0.2, 0) is 9.53 Å². The lowest BCUT2D eigenvalue weighted by atomic mass is 10.2. The van der Waals surface area contributed by atoms with Crippen LogP contribution in [0.25, 0.3) is 11.0 Å². The average molecular weight is 307 g/mol. The maximum atomic E-state index is 10.9. The lowest BCUT2D eigenvalue weighted by Crippen LogP contribution is -2.44. The van der Waals surface area contributed by atoms with Crippen LogP contribution >= 0.6 is 11.8 Å². The lowest BCUT2D eigenvalue weighted by Gasteiger charge is -2.31. The van der Waals surface area contributed by atoms with Gasteiger partial charge < -0.3 is 14.9 Å². The number of aliphatic carboxylic acids is 1. The van der Waals surface area contributed by atoms with Gasteiger partial charge in [-0.2, -0.15) is 0 Å². The molecule has 1 aromatic carbocycles. The Hall–Kier alpha value is -1.73. The van der Waals surface area contributed by atoms with Crippen LogP contribution in [0.2, 0.25) is 0 Å². The quantitative estimate of drug-likeness (QED) is 0.863. The van der Waals surface area contributed by atoms with Gasteiger partial charge in [0.25, 0.3) is 0 Å². The van der Waals surface area contributed by atoms with E-state index in [1.807, 2.05) is 25.1 Å². The van der Waals surface area contributed by atoms with E-state index in [0.717, 1.165) is 34.8 Å². The Morgan fingerprint density at radius 3 is 2.90 bits per heavy atom. The zero-order chi connectivity index (χ0) is 14.8. The van der Waals surface area contributed by atoms with E-state index in [9.17, 15) is 4.79 Å². The number of hydrogen-bond donors (Lipinski definition) is 1. The fraction of sp³-hybridized carbons (Fsp3) is 0.429. The number of carboxylic acid groups (broad SMARTS) is 1. The summed E-state index contributed by atoms with van der Waals surface area (Å²) < 4.78 is 7.46. The number of aryl methyl sites for hydroxylation is 1. The summed E-state index contributed by atoms with van der Waals surface area (Å²) in [6.45, 7) is 4.95. The minimum Gasteiger partial charge on any atom is -0.481 e. The Kier molecular flexibility index (Phi) is 4.03. The summed E-state index contributed by atoms with van der Waals surface area (Å²) in [5.41, 5.74) is 3.08. The van der Waals surface area contributed by atoms with E-state index in [1.54, 1.807) is 0 Å². The number of para-hydroxylation sites is 1. The predicted molar refractivity (Wildman–Crippen MR) is 81.6 cm³/mol. The summed E-state index contributed by atoms with van der Waals surface area (Å²) in [5.74, 6) is -0.829. The molecule has 2 heterocycles. The first-order valence-electron chi connectivity index (χ1n) is 6.82. The number of carboxylic acids is 1. The van der Waals surface area contributed by atoms with Crippen molar-refractivity contribution in [3.8, 4) is 0 Å². The van der Waals surface area contributed by atoms with Gasteiger partial charge in [0.2, 0.25) is 0 Å². The third-order valence-corrected chi connectivity index (χ3v) is 4.33. The minimum atomic E-state index is -0.836. The summed E-state index contributed by atoms with van der Waals surface area (Å²) >= 11 is 1.25. The van der Waals surface area contributed by atoms with E-state index in [4.69, 9.17) is 9.84 Å². The van der Waals surface area contributed by atoms with Crippen LogP contribution in [0.15, 0.2) is 23.4 Å². The van der Waals surface area contributed by atoms with Crippen molar-refractivity contribution in [1.82, 2.24) is 9.66 Å². The van der Waals surface area contributed by atoms with Crippen molar-refractivity contribution in [2.24, 2.45) is 0 Å². The van der Waals surface area contributed by atoms with E-state index in [1.165, 1.54) is 11.8 Å². The molecular weight excluding hydrogens is 290 g/mol. The molecule has 1 aliphatic heterocycles. The number of ether oxygens (including phenoxy) is 1. The van der Waals surface area contributed by atoms with Crippen molar-refractivity contribution in [1.29, 1.82) is 0 Å². The van der Waals surface area contributed by atoms with Crippen molar-refractivity contribution < 1.29 is 14.6 Å². The fourth-order valence-electron chi connectivity index (χ4n) is 2.49. The summed E-state index contributed by atoms with van der Waals surface area (Å²) in [7, 11) is 0. The number of hydrogen-bond acceptors (Lipinski definition) is 5. The topological polar surface area (TPSA) is 67.6 Å². The highest BCUT2D eigenvalue weighted by atomic mass is 32.2. The molecule has 2 aromatic rings. The third-order valence-electron chi connectivity index (χ3n) is 3.42. The molecular formula is C14H17N3O3S. The molecule has 0 spiro atoms. The van der Waals surface area contributed by atoms with Gasteiger partial charge in [0.1, 0.15) is 0 Å². The molecule has 1 aromatic heterocycles. The molecule has 1 fully saturated rings. The molecule has 3 rings (SSSR count). The van der Waals surface area contributed by atoms with Crippen molar-refractivity contribution >= 4 is 28.8 Å². The largest absolute Gasteiger partial charge is 0.481 e. The third kappa shape index (κ3) is 2.84. The molecule has 0 radical (unpaired) electrons. The second-order valence-corrected chi connectivity index (χ2v) is 5.84. The Balaban J connectivity index is 2.07. The van der Waals surface area contributed by atoms with Crippen molar-refractivity contribution in [3.63, 3.8) is 0 Å². The normalized spacial score (nSPS) is 15.6. The number of carbonyl (C=O) groups is 1. The standard InChI is InChI=1S/C14H17N3O3S/c1-10-3-2-4-11-13(10)17(16-5-7-20-8-6-16)14(15-11)21-9-12(18)19/h2-4H,5-9H2,1H3,(H,18,19). The lowest BCUT2D eigenvalue weighted by molar-refractivity contribution is -0.133. The molecule has 0 atom stereocenters. The van der Waals surface area contributed by atoms with Crippen LogP contribution in [0.3, 0.4) is 0 Å². The monoisotopic (exact) mass is 307 g/mol. The molecule has 7 heteroatoms. The van der Waals surface area contributed by atoms with Gasteiger partial charge in [-0.05, 0) is 18.6 Å². The van der Waals surface area contributed by atoms with Gasteiger partial charge in [0.15, 0.2) is 5.16 Å². The van der Waals surface area contributed by atoms with Crippen molar-refractivity contribution in [2.45, 2.75) is 12.1 Å². The van der Waals surface area contributed by atoms with Crippen LogP contribution in [0.1, 0.15) is 5.56 Å². The first-order valence-corrected chi connectivity index (χ1v) is 7.81. The van der Waals surface area contributed by atoms with Crippen molar-refractivity contribution in [2.75, 3.05) is 37.1 Å². The van der Waals surface area contributed by atoms with Gasteiger partial charge >= 0.3 is 5.97 Å². The van der Waals surface area contributed by atoms with Gasteiger partial charge in [-0.15, -0.1) is 0 Å². The Morgan fingerprint density at radius 1 is 1.43 bits per heavy atom. The zero-order valence-corrected chi connectivity index (χ0v) is 12.6. The van der Waals surface area contributed by atoms with Crippen LogP contribution in [0.4, 0.5) is 0 Å². The molecule has 1 aliphatic rings. The fourth-order valence-corrected chi connectivity index (χ4v) is 3.24. The molecule has 0 saturated carbocycles. The van der Waals surface area contributed by atoms with Crippen LogP contribution in [0, 0.1) is 6.92 Å². The SMILES string of the molecule is Cc1cccc2nc(SCC(=O)O)n(N3CCOCC3)c12. The van der Waals surface area contributed by atoms with Crippen LogP contribution in [-0.4, -0.2) is 52.8 Å². The number of aromatic nitrogens is 2. The Morgan fingerprint density at radius 2 is 2.19 bits per heavy atom. The van der Waals surface area contributed by atoms with E-state index in [2.05, 4.69) is 14.7 Å². The Labute approximate surface area is 126 Å². The molecule has 1 N–H and O–H groups in total. The van der Waals surface area contributed by atoms with E-state index < -0.39 is 5.97 Å². The number of benzene rings is 1. The summed E-state index contributed by atoms with van der Waals surface area (Å²) in [5, 5.41) is 11.8. The number of nitrogens with zero attached hydrogens (tertiary/aromatic N) is 3. The molecule has 0 aliphatic carbocycles. The number of imidazole rings is 1. The molecule has 0 bridgehead atoms. The second-order valence-electron chi connectivity index (χ2n) is 4.90. The summed E-state index contributed by atoms with van der Waals surface area (Å²) in [4.78, 5) is 15.5. The number of rotatable bonds is 4. The molecule has 6 nitrogen and oxygen atoms in total. The van der Waals surface area contributed by atoms with Gasteiger partial charge in [0.05, 0.1) is 43.1 Å². The first-order chi connectivity index (χ1) is 10.2. The highest BCUT2D eigenvalue weighted by Crippen LogP contribution is 2.27. The smallest absolute Gasteiger partial charge is 0.313 e. The minimum absolute atomic E-state index is 0.00666. The predicted octanol–water partition coefficient (Wildman–Crippen LogP) is 1.49. The molecule has 0 unspecified atom stereocenters. The highest BCUT2D eigenvalue weighted by Gasteiger charge is 2.20. The highest BCUT2D eigenvalue weighted by molar-refractivity contribution is 7.99. The summed E-state index contributed by atoms with van der Waals surface area (Å²) in [6.07, 6.45) is 0. The average Bonchev–Trinajstić information content (AvgIpc) is 2.86. The zero-order valence-electron chi connectivity index (χ0n) is 11.8. The van der Waals surface area contributed by atoms with E-state index >= 15 is 0 Å². The summed E-state index contributed by atoms with van der Waals surface area (Å²) in [6, 6.07) is 5.98. The Bertz CT molecular complexity index is 665. The number of morpholine rings is 1. The number of fused-ring (bicyclic) bond motifs is 1. The maximum Gasteiger partial charge on any atom is 0.313 e. The van der Waals surface area contributed by atoms with Crippen LogP contribution in [0.5, 0.6) is 0 Å². The van der Waals surface area contributed by atoms with Crippen LogP contribution < -0.4 is 5.01 Å². The molecule has 112 valence electrons. The maximum absolute atomic E-state index is 10.9. The molecule has 21 heavy (non-hydrogen) atoms. The van der Waals surface area contributed by atoms with Gasteiger partial charge in [0, 0.05) is 0 Å². The van der Waals surface area contributed by atoms with Crippen molar-refractivity contribution in [3.05, 3.63) is 23.8 Å². The first kappa shape index (κ1) is 14.2. The van der Waals surface area contributed by atoms with Gasteiger partial charge in [-0.3, -0.25) is 4.79 Å². The van der Waals surface area contributed by atoms with E-state index in [0.29, 0.717) is 13.2 Å². The second kappa shape index (κ2) is 5.95. The van der Waals surface area contributed by atoms with E-state index in [-0.39, 0.29) is 5.75 Å². The van der Waals surface area contributed by atoms with Gasteiger partial charge in [-0.25, -0.2) is 9.66 Å². The van der Waals surface area contributed by atoms with Gasteiger partial charge in [-0.1, -0.05) is 23.9 Å².